The number of aliphatic hydroxyl groups is 1. The quantitative estimate of drug-likeness (QED) is 0.512. The molecule has 1 fully saturated rings. The molecular formula is C22H21N3O5S. The number of hydrogen-bond acceptors (Lipinski definition) is 6. The van der Waals surface area contributed by atoms with Crippen LogP contribution in [0.4, 0.5) is 11.4 Å². The first-order chi connectivity index (χ1) is 15.0. The van der Waals surface area contributed by atoms with Gasteiger partial charge in [0, 0.05) is 34.1 Å². The van der Waals surface area contributed by atoms with Crippen molar-refractivity contribution in [1.82, 2.24) is 5.32 Å². The maximum Gasteiger partial charge on any atom is 0.313 e. The highest BCUT2D eigenvalue weighted by Gasteiger charge is 2.22. The highest BCUT2D eigenvalue weighted by atomic mass is 32.1. The molecule has 4 rings (SSSR count). The fourth-order valence-corrected chi connectivity index (χ4v) is 4.28. The zero-order chi connectivity index (χ0) is 21.8. The van der Waals surface area contributed by atoms with Crippen LogP contribution in [-0.2, 0) is 20.9 Å². The van der Waals surface area contributed by atoms with E-state index in [1.54, 1.807) is 53.4 Å². The standard InChI is InChI=1S/C22H21N3O5S/c26-19-7-2-10-25(19)15-5-1-4-14(12-15)24-22(29)21(28)23-13-16-8-9-18(31-16)20(27)17-6-3-11-30-17/h1,3-6,8-9,11-12,20,27H,2,7,10,13H2,(H,23,28)(H,24,29)/t20-/m0/s1. The topological polar surface area (TPSA) is 112 Å². The second kappa shape index (κ2) is 9.15. The number of furan rings is 1. The third kappa shape index (κ3) is 4.84. The first kappa shape index (κ1) is 20.8. The van der Waals surface area contributed by atoms with Crippen molar-refractivity contribution in [3.8, 4) is 0 Å². The molecule has 1 saturated heterocycles. The van der Waals surface area contributed by atoms with Crippen LogP contribution in [0, 0.1) is 0 Å². The number of carbonyl (C=O) groups is 3. The number of hydrogen-bond donors (Lipinski definition) is 3. The first-order valence-electron chi connectivity index (χ1n) is 9.81. The minimum absolute atomic E-state index is 0.0497. The Morgan fingerprint density at radius 1 is 1.16 bits per heavy atom. The largest absolute Gasteiger partial charge is 0.466 e. The monoisotopic (exact) mass is 439 g/mol. The summed E-state index contributed by atoms with van der Waals surface area (Å²) in [5.74, 6) is -1.08. The van der Waals surface area contributed by atoms with Crippen LogP contribution < -0.4 is 15.5 Å². The number of rotatable bonds is 6. The van der Waals surface area contributed by atoms with Crippen molar-refractivity contribution in [3.63, 3.8) is 0 Å². The molecule has 0 unspecified atom stereocenters. The zero-order valence-electron chi connectivity index (χ0n) is 16.5. The van der Waals surface area contributed by atoms with Gasteiger partial charge in [-0.25, -0.2) is 0 Å². The van der Waals surface area contributed by atoms with Gasteiger partial charge in [0.15, 0.2) is 0 Å². The highest BCUT2D eigenvalue weighted by Crippen LogP contribution is 2.28. The molecule has 0 saturated carbocycles. The molecular weight excluding hydrogens is 418 g/mol. The Kier molecular flexibility index (Phi) is 6.15. The molecule has 2 aromatic heterocycles. The average molecular weight is 439 g/mol. The fourth-order valence-electron chi connectivity index (χ4n) is 3.33. The van der Waals surface area contributed by atoms with Gasteiger partial charge >= 0.3 is 11.8 Å². The molecule has 0 aliphatic carbocycles. The highest BCUT2D eigenvalue weighted by molar-refractivity contribution is 7.12. The number of benzene rings is 1. The number of anilines is 2. The molecule has 1 atom stereocenters. The molecule has 0 spiro atoms. The predicted octanol–water partition coefficient (Wildman–Crippen LogP) is 2.80. The second-order valence-corrected chi connectivity index (χ2v) is 8.26. The molecule has 3 aromatic rings. The molecule has 1 aliphatic heterocycles. The van der Waals surface area contributed by atoms with E-state index in [0.717, 1.165) is 11.3 Å². The van der Waals surface area contributed by atoms with Gasteiger partial charge in [-0.2, -0.15) is 0 Å². The minimum Gasteiger partial charge on any atom is -0.466 e. The predicted molar refractivity (Wildman–Crippen MR) is 116 cm³/mol. The van der Waals surface area contributed by atoms with E-state index in [-0.39, 0.29) is 12.5 Å². The number of nitrogens with one attached hydrogen (secondary N) is 2. The van der Waals surface area contributed by atoms with E-state index in [1.807, 2.05) is 0 Å². The lowest BCUT2D eigenvalue weighted by Crippen LogP contribution is -2.34. The second-order valence-electron chi connectivity index (χ2n) is 7.06. The summed E-state index contributed by atoms with van der Waals surface area (Å²) in [6, 6.07) is 13.8. The summed E-state index contributed by atoms with van der Waals surface area (Å²) in [6.07, 6.45) is 1.94. The number of thiophene rings is 1. The molecule has 31 heavy (non-hydrogen) atoms. The smallest absolute Gasteiger partial charge is 0.313 e. The van der Waals surface area contributed by atoms with Crippen molar-refractivity contribution in [2.24, 2.45) is 0 Å². The Morgan fingerprint density at radius 3 is 2.77 bits per heavy atom. The van der Waals surface area contributed by atoms with E-state index in [9.17, 15) is 19.5 Å². The van der Waals surface area contributed by atoms with Crippen LogP contribution >= 0.6 is 11.3 Å². The normalized spacial score (nSPS) is 14.5. The third-order valence-electron chi connectivity index (χ3n) is 4.88. The Balaban J connectivity index is 1.31. The summed E-state index contributed by atoms with van der Waals surface area (Å²) in [5.41, 5.74) is 1.14. The van der Waals surface area contributed by atoms with Crippen LogP contribution in [0.5, 0.6) is 0 Å². The van der Waals surface area contributed by atoms with Crippen molar-refractivity contribution >= 4 is 40.4 Å². The van der Waals surface area contributed by atoms with Gasteiger partial charge in [-0.1, -0.05) is 6.07 Å². The lowest BCUT2D eigenvalue weighted by Gasteiger charge is -2.16. The molecule has 160 valence electrons. The van der Waals surface area contributed by atoms with E-state index in [1.165, 1.54) is 17.6 Å². The van der Waals surface area contributed by atoms with Crippen LogP contribution in [0.2, 0.25) is 0 Å². The van der Waals surface area contributed by atoms with Crippen LogP contribution in [0.25, 0.3) is 0 Å². The molecule has 9 heteroatoms. The molecule has 0 radical (unpaired) electrons. The molecule has 3 amide bonds. The van der Waals surface area contributed by atoms with Crippen molar-refractivity contribution in [2.75, 3.05) is 16.8 Å². The maximum atomic E-state index is 12.2. The SMILES string of the molecule is O=C(NCc1ccc([C@@H](O)c2ccco2)s1)C(=O)Nc1cccc(N2CCCC2=O)c1. The third-order valence-corrected chi connectivity index (χ3v) is 6.02. The summed E-state index contributed by atoms with van der Waals surface area (Å²) in [4.78, 5) is 39.5. The Labute approximate surface area is 182 Å². The van der Waals surface area contributed by atoms with Gasteiger partial charge in [0.25, 0.3) is 0 Å². The summed E-state index contributed by atoms with van der Waals surface area (Å²) in [6.45, 7) is 0.804. The maximum absolute atomic E-state index is 12.2. The number of aliphatic hydroxyl groups excluding tert-OH is 1. The lowest BCUT2D eigenvalue weighted by molar-refractivity contribution is -0.136. The summed E-state index contributed by atoms with van der Waals surface area (Å²) in [7, 11) is 0. The number of carbonyl (C=O) groups excluding carboxylic acids is 3. The van der Waals surface area contributed by atoms with Crippen molar-refractivity contribution in [3.05, 3.63) is 70.3 Å². The van der Waals surface area contributed by atoms with E-state index >= 15 is 0 Å². The van der Waals surface area contributed by atoms with Gasteiger partial charge in [-0.3, -0.25) is 14.4 Å². The number of amides is 3. The van der Waals surface area contributed by atoms with E-state index in [0.29, 0.717) is 35.0 Å². The van der Waals surface area contributed by atoms with Crippen molar-refractivity contribution < 1.29 is 23.9 Å². The number of nitrogens with zero attached hydrogens (tertiary/aromatic N) is 1. The Bertz CT molecular complexity index is 1090. The Hall–Kier alpha value is -3.43. The van der Waals surface area contributed by atoms with Gasteiger partial charge in [-0.15, -0.1) is 11.3 Å². The Morgan fingerprint density at radius 2 is 2.03 bits per heavy atom. The van der Waals surface area contributed by atoms with E-state index < -0.39 is 17.9 Å². The van der Waals surface area contributed by atoms with Crippen molar-refractivity contribution in [1.29, 1.82) is 0 Å². The van der Waals surface area contributed by atoms with Crippen LogP contribution in [0.1, 0.15) is 34.5 Å². The van der Waals surface area contributed by atoms with Crippen LogP contribution in [-0.4, -0.2) is 29.4 Å². The molecule has 1 aliphatic rings. The molecule has 8 nitrogen and oxygen atoms in total. The van der Waals surface area contributed by atoms with Gasteiger partial charge in [-0.05, 0) is 48.9 Å². The first-order valence-corrected chi connectivity index (χ1v) is 10.6. The van der Waals surface area contributed by atoms with Crippen LogP contribution in [0.3, 0.4) is 0 Å². The average Bonchev–Trinajstić information content (AvgIpc) is 3.53. The minimum atomic E-state index is -0.873. The van der Waals surface area contributed by atoms with Gasteiger partial charge < -0.3 is 25.1 Å². The summed E-state index contributed by atoms with van der Waals surface area (Å²) < 4.78 is 5.20. The van der Waals surface area contributed by atoms with Gasteiger partial charge in [0.2, 0.25) is 5.91 Å². The zero-order valence-corrected chi connectivity index (χ0v) is 17.4. The van der Waals surface area contributed by atoms with Gasteiger partial charge in [0.1, 0.15) is 11.9 Å². The molecule has 3 N–H and O–H groups in total. The molecule has 1 aromatic carbocycles. The van der Waals surface area contributed by atoms with E-state index in [4.69, 9.17) is 4.42 Å². The molecule has 3 heterocycles. The summed E-state index contributed by atoms with van der Waals surface area (Å²) >= 11 is 1.32. The van der Waals surface area contributed by atoms with Gasteiger partial charge in [0.05, 0.1) is 12.8 Å². The van der Waals surface area contributed by atoms with Crippen LogP contribution in [0.15, 0.2) is 59.2 Å². The summed E-state index contributed by atoms with van der Waals surface area (Å²) in [5, 5.41) is 15.4. The molecule has 0 bridgehead atoms. The lowest BCUT2D eigenvalue weighted by atomic mass is 10.2. The van der Waals surface area contributed by atoms with E-state index in [2.05, 4.69) is 10.6 Å². The van der Waals surface area contributed by atoms with Crippen molar-refractivity contribution in [2.45, 2.75) is 25.5 Å². The fraction of sp³-hybridized carbons (Fsp3) is 0.227.